The lowest BCUT2D eigenvalue weighted by Crippen LogP contribution is -2.44. The second-order valence-corrected chi connectivity index (χ2v) is 10.3. The molecular weight excluding hydrogens is 446 g/mol. The minimum atomic E-state index is -0.114. The number of nitrogens with one attached hydrogen (secondary N) is 1. The number of ether oxygens (including phenoxy) is 1. The highest BCUT2D eigenvalue weighted by Crippen LogP contribution is 2.24. The average molecular weight is 482 g/mol. The Morgan fingerprint density at radius 2 is 1.62 bits per heavy atom. The first-order chi connectivity index (χ1) is 16.5. The molecule has 2 unspecified atom stereocenters. The van der Waals surface area contributed by atoms with Crippen molar-refractivity contribution >= 4 is 23.6 Å². The molecule has 2 aromatic carbocycles. The largest absolute Gasteiger partial charge is 0.373 e. The van der Waals surface area contributed by atoms with E-state index in [0.717, 1.165) is 56.0 Å². The van der Waals surface area contributed by atoms with E-state index in [0.29, 0.717) is 17.9 Å². The molecule has 2 aliphatic rings. The molecule has 2 heterocycles. The lowest BCUT2D eigenvalue weighted by atomic mass is 10.1. The van der Waals surface area contributed by atoms with Crippen LogP contribution >= 0.6 is 11.8 Å². The third-order valence-electron chi connectivity index (χ3n) is 6.32. The van der Waals surface area contributed by atoms with Crippen molar-refractivity contribution in [1.29, 1.82) is 0 Å². The van der Waals surface area contributed by atoms with E-state index in [1.165, 1.54) is 17.3 Å². The van der Waals surface area contributed by atoms with Crippen LogP contribution in [-0.4, -0.2) is 65.8 Å². The summed E-state index contributed by atoms with van der Waals surface area (Å²) >= 11 is 1.45. The summed E-state index contributed by atoms with van der Waals surface area (Å²) in [6.07, 6.45) is 2.69. The van der Waals surface area contributed by atoms with Crippen molar-refractivity contribution in [2.45, 2.75) is 56.9 Å². The molecule has 2 aliphatic heterocycles. The first-order valence-corrected chi connectivity index (χ1v) is 13.2. The van der Waals surface area contributed by atoms with Gasteiger partial charge < -0.3 is 15.0 Å². The van der Waals surface area contributed by atoms with E-state index >= 15 is 0 Å². The minimum Gasteiger partial charge on any atom is -0.373 e. The maximum absolute atomic E-state index is 12.9. The molecule has 2 saturated heterocycles. The van der Waals surface area contributed by atoms with Crippen molar-refractivity contribution in [1.82, 2.24) is 15.1 Å². The van der Waals surface area contributed by atoms with Gasteiger partial charge in [0.15, 0.2) is 0 Å². The molecule has 0 radical (unpaired) electrons. The van der Waals surface area contributed by atoms with Crippen LogP contribution in [0, 0.1) is 0 Å². The minimum absolute atomic E-state index is 0.114. The molecule has 34 heavy (non-hydrogen) atoms. The number of rotatable bonds is 8. The Balaban J connectivity index is 1.28. The maximum Gasteiger partial charge on any atom is 0.252 e. The third-order valence-corrected chi connectivity index (χ3v) is 7.38. The van der Waals surface area contributed by atoms with E-state index in [9.17, 15) is 9.59 Å². The Kier molecular flexibility index (Phi) is 8.64. The molecule has 7 heteroatoms. The fourth-order valence-electron chi connectivity index (χ4n) is 4.69. The van der Waals surface area contributed by atoms with E-state index in [-0.39, 0.29) is 24.0 Å². The summed E-state index contributed by atoms with van der Waals surface area (Å²) < 4.78 is 5.82. The van der Waals surface area contributed by atoms with Gasteiger partial charge in [0, 0.05) is 44.2 Å². The number of likely N-dealkylation sites (tertiary alicyclic amines) is 1. The quantitative estimate of drug-likeness (QED) is 0.579. The van der Waals surface area contributed by atoms with Crippen molar-refractivity contribution in [3.8, 4) is 0 Å². The molecular formula is C27H35N3O3S. The summed E-state index contributed by atoms with van der Waals surface area (Å²) in [5.74, 6) is 0.405. The van der Waals surface area contributed by atoms with Crippen LogP contribution in [-0.2, 0) is 22.6 Å². The predicted molar refractivity (Wildman–Crippen MR) is 136 cm³/mol. The van der Waals surface area contributed by atoms with E-state index in [4.69, 9.17) is 4.74 Å². The van der Waals surface area contributed by atoms with Crippen LogP contribution in [0.5, 0.6) is 0 Å². The topological polar surface area (TPSA) is 61.9 Å². The number of carbonyl (C=O) groups excluding carboxylic acids is 2. The molecule has 0 spiro atoms. The van der Waals surface area contributed by atoms with Gasteiger partial charge in [-0.1, -0.05) is 36.4 Å². The smallest absolute Gasteiger partial charge is 0.252 e. The molecule has 2 aromatic rings. The summed E-state index contributed by atoms with van der Waals surface area (Å²) in [4.78, 5) is 30.5. The number of morpholine rings is 1. The van der Waals surface area contributed by atoms with Crippen molar-refractivity contribution in [3.63, 3.8) is 0 Å². The summed E-state index contributed by atoms with van der Waals surface area (Å²) in [6, 6.07) is 16.0. The lowest BCUT2D eigenvalue weighted by Gasteiger charge is -2.35. The summed E-state index contributed by atoms with van der Waals surface area (Å²) in [7, 11) is 0. The molecule has 0 saturated carbocycles. The number of benzene rings is 2. The van der Waals surface area contributed by atoms with Crippen LogP contribution in [0.1, 0.15) is 48.2 Å². The number of hydrogen-bond donors (Lipinski definition) is 1. The maximum atomic E-state index is 12.9. The SMILES string of the molecule is CC1CN(Cc2ccc(CNC(=O)c3ccccc3SCC(=O)N3CCCC3)cc2)CC(C)O1. The predicted octanol–water partition coefficient (Wildman–Crippen LogP) is 3.94. The van der Waals surface area contributed by atoms with Crippen molar-refractivity contribution in [2.24, 2.45) is 0 Å². The fraction of sp³-hybridized carbons (Fsp3) is 0.481. The van der Waals surface area contributed by atoms with Crippen LogP contribution < -0.4 is 5.32 Å². The van der Waals surface area contributed by atoms with Gasteiger partial charge in [0.2, 0.25) is 5.91 Å². The van der Waals surface area contributed by atoms with Crippen LogP contribution in [0.3, 0.4) is 0 Å². The number of amides is 2. The van der Waals surface area contributed by atoms with Gasteiger partial charge in [-0.3, -0.25) is 14.5 Å². The zero-order chi connectivity index (χ0) is 23.9. The van der Waals surface area contributed by atoms with Gasteiger partial charge in [-0.05, 0) is 49.9 Å². The third kappa shape index (κ3) is 6.84. The van der Waals surface area contributed by atoms with Crippen LogP contribution in [0.25, 0.3) is 0 Å². The van der Waals surface area contributed by atoms with Gasteiger partial charge in [0.25, 0.3) is 5.91 Å². The van der Waals surface area contributed by atoms with Crippen molar-refractivity contribution < 1.29 is 14.3 Å². The average Bonchev–Trinajstić information content (AvgIpc) is 3.37. The molecule has 6 nitrogen and oxygen atoms in total. The molecule has 4 rings (SSSR count). The standard InChI is InChI=1S/C27H35N3O3S/c1-20-16-29(17-21(2)33-20)18-23-11-9-22(10-12-23)15-28-27(32)24-7-3-4-8-25(24)34-19-26(31)30-13-5-6-14-30/h3-4,7-12,20-21H,5-6,13-19H2,1-2H3,(H,28,32). The van der Waals surface area contributed by atoms with E-state index in [2.05, 4.69) is 48.3 Å². The molecule has 2 fully saturated rings. The fourth-order valence-corrected chi connectivity index (χ4v) is 5.64. The Hall–Kier alpha value is -2.35. The number of thioether (sulfide) groups is 1. The highest BCUT2D eigenvalue weighted by molar-refractivity contribution is 8.00. The summed E-state index contributed by atoms with van der Waals surface area (Å²) in [5, 5.41) is 3.04. The van der Waals surface area contributed by atoms with Gasteiger partial charge in [-0.15, -0.1) is 11.8 Å². The Bertz CT molecular complexity index is 965. The summed E-state index contributed by atoms with van der Waals surface area (Å²) in [5.41, 5.74) is 2.95. The molecule has 0 bridgehead atoms. The first-order valence-electron chi connectivity index (χ1n) is 12.2. The molecule has 0 aliphatic carbocycles. The normalized spacial score (nSPS) is 20.9. The molecule has 1 N–H and O–H groups in total. The zero-order valence-corrected chi connectivity index (χ0v) is 21.0. The van der Waals surface area contributed by atoms with E-state index in [1.807, 2.05) is 29.2 Å². The van der Waals surface area contributed by atoms with Crippen LogP contribution in [0.2, 0.25) is 0 Å². The van der Waals surface area contributed by atoms with E-state index in [1.54, 1.807) is 0 Å². The second kappa shape index (κ2) is 11.9. The van der Waals surface area contributed by atoms with Gasteiger partial charge in [-0.25, -0.2) is 0 Å². The van der Waals surface area contributed by atoms with Crippen molar-refractivity contribution in [2.75, 3.05) is 31.9 Å². The highest BCUT2D eigenvalue weighted by Gasteiger charge is 2.22. The van der Waals surface area contributed by atoms with Gasteiger partial charge in [0.1, 0.15) is 0 Å². The molecule has 182 valence electrons. The Morgan fingerprint density at radius 3 is 2.32 bits per heavy atom. The summed E-state index contributed by atoms with van der Waals surface area (Å²) in [6.45, 7) is 9.22. The van der Waals surface area contributed by atoms with Crippen LogP contribution in [0.4, 0.5) is 0 Å². The van der Waals surface area contributed by atoms with Gasteiger partial charge in [-0.2, -0.15) is 0 Å². The molecule has 2 amide bonds. The number of carbonyl (C=O) groups is 2. The highest BCUT2D eigenvalue weighted by atomic mass is 32.2. The monoisotopic (exact) mass is 481 g/mol. The van der Waals surface area contributed by atoms with E-state index < -0.39 is 0 Å². The molecule has 2 atom stereocenters. The number of hydrogen-bond acceptors (Lipinski definition) is 5. The Morgan fingerprint density at radius 1 is 0.971 bits per heavy atom. The van der Waals surface area contributed by atoms with Crippen LogP contribution in [0.15, 0.2) is 53.4 Å². The van der Waals surface area contributed by atoms with Gasteiger partial charge >= 0.3 is 0 Å². The first kappa shape index (κ1) is 24.8. The second-order valence-electron chi connectivity index (χ2n) is 9.32. The van der Waals surface area contributed by atoms with Gasteiger partial charge in [0.05, 0.1) is 23.5 Å². The zero-order valence-electron chi connectivity index (χ0n) is 20.2. The Labute approximate surface area is 207 Å². The lowest BCUT2D eigenvalue weighted by molar-refractivity contribution is -0.127. The molecule has 0 aromatic heterocycles. The van der Waals surface area contributed by atoms with Crippen molar-refractivity contribution in [3.05, 3.63) is 65.2 Å². The number of nitrogens with zero attached hydrogens (tertiary/aromatic N) is 2.